The summed E-state index contributed by atoms with van der Waals surface area (Å²) in [4.78, 5) is 3.64. The second-order valence-corrected chi connectivity index (χ2v) is 7.11. The van der Waals surface area contributed by atoms with Gasteiger partial charge in [-0.25, -0.2) is 0 Å². The Bertz CT molecular complexity index is 349. The van der Waals surface area contributed by atoms with Crippen LogP contribution in [0.5, 0.6) is 0 Å². The zero-order chi connectivity index (χ0) is 14.5. The summed E-state index contributed by atoms with van der Waals surface area (Å²) in [6.07, 6.45) is 1.04. The largest absolute Gasteiger partial charge is 0.388 e. The zero-order valence-electron chi connectivity index (χ0n) is 12.8. The van der Waals surface area contributed by atoms with Crippen molar-refractivity contribution in [3.63, 3.8) is 0 Å². The molecule has 0 aliphatic heterocycles. The van der Waals surface area contributed by atoms with Gasteiger partial charge in [0.2, 0.25) is 0 Å². The van der Waals surface area contributed by atoms with Crippen LogP contribution in [0.3, 0.4) is 0 Å². The smallest absolute Gasteiger partial charge is 0.0869 e. The van der Waals surface area contributed by atoms with E-state index in [-0.39, 0.29) is 0 Å². The van der Waals surface area contributed by atoms with Gasteiger partial charge in [0.1, 0.15) is 0 Å². The molecule has 2 unspecified atom stereocenters. The van der Waals surface area contributed by atoms with Gasteiger partial charge >= 0.3 is 0 Å². The molecule has 0 fully saturated rings. The summed E-state index contributed by atoms with van der Waals surface area (Å²) in [6, 6.07) is 5.10. The van der Waals surface area contributed by atoms with Gasteiger partial charge in [-0.05, 0) is 38.8 Å². The molecule has 110 valence electrons. The van der Waals surface area contributed by atoms with E-state index >= 15 is 0 Å². The van der Waals surface area contributed by atoms with E-state index in [4.69, 9.17) is 0 Å². The molecule has 2 N–H and O–H groups in total. The van der Waals surface area contributed by atoms with Gasteiger partial charge in [-0.3, -0.25) is 0 Å². The van der Waals surface area contributed by atoms with E-state index in [0.717, 1.165) is 6.42 Å². The average Bonchev–Trinajstić information content (AvgIpc) is 2.78. The molecule has 0 bridgehead atoms. The van der Waals surface area contributed by atoms with Crippen LogP contribution in [0.25, 0.3) is 0 Å². The van der Waals surface area contributed by atoms with E-state index in [0.29, 0.717) is 25.2 Å². The lowest BCUT2D eigenvalue weighted by atomic mass is 10.0. The van der Waals surface area contributed by atoms with Crippen LogP contribution < -0.4 is 5.32 Å². The summed E-state index contributed by atoms with van der Waals surface area (Å²) in [7, 11) is 2.09. The van der Waals surface area contributed by atoms with Crippen LogP contribution in [-0.2, 0) is 6.42 Å². The Morgan fingerprint density at radius 2 is 2.11 bits per heavy atom. The normalized spacial score (nSPS) is 16.8. The van der Waals surface area contributed by atoms with Crippen molar-refractivity contribution >= 4 is 11.3 Å². The summed E-state index contributed by atoms with van der Waals surface area (Å²) in [6.45, 7) is 9.61. The highest BCUT2D eigenvalue weighted by molar-refractivity contribution is 7.09. The molecule has 0 amide bonds. The lowest BCUT2D eigenvalue weighted by Gasteiger charge is -2.33. The van der Waals surface area contributed by atoms with Gasteiger partial charge in [0.05, 0.1) is 5.60 Å². The molecule has 1 rings (SSSR count). The second-order valence-electron chi connectivity index (χ2n) is 6.08. The SMILES string of the molecule is CC(C)NCC(C)(O)CN(C)C(C)Cc1cccs1. The van der Waals surface area contributed by atoms with Crippen molar-refractivity contribution in [3.05, 3.63) is 22.4 Å². The van der Waals surface area contributed by atoms with E-state index in [2.05, 4.69) is 55.5 Å². The molecule has 0 aliphatic carbocycles. The fraction of sp³-hybridized carbons (Fsp3) is 0.733. The Kier molecular flexibility index (Phi) is 6.47. The van der Waals surface area contributed by atoms with Crippen LogP contribution in [0.4, 0.5) is 0 Å². The van der Waals surface area contributed by atoms with Crippen molar-refractivity contribution in [1.82, 2.24) is 10.2 Å². The number of hydrogen-bond donors (Lipinski definition) is 2. The van der Waals surface area contributed by atoms with E-state index in [1.54, 1.807) is 11.3 Å². The number of likely N-dealkylation sites (N-methyl/N-ethyl adjacent to an activating group) is 1. The Labute approximate surface area is 121 Å². The number of hydrogen-bond acceptors (Lipinski definition) is 4. The predicted octanol–water partition coefficient (Wildman–Crippen LogP) is 2.36. The van der Waals surface area contributed by atoms with E-state index in [1.165, 1.54) is 4.88 Å². The Morgan fingerprint density at radius 1 is 1.42 bits per heavy atom. The van der Waals surface area contributed by atoms with Crippen LogP contribution in [0, 0.1) is 0 Å². The fourth-order valence-corrected chi connectivity index (χ4v) is 2.88. The topological polar surface area (TPSA) is 35.5 Å². The summed E-state index contributed by atoms with van der Waals surface area (Å²) in [5.74, 6) is 0. The predicted molar refractivity (Wildman–Crippen MR) is 83.9 cm³/mol. The van der Waals surface area contributed by atoms with Crippen LogP contribution in [-0.4, -0.2) is 47.8 Å². The van der Waals surface area contributed by atoms with Crippen molar-refractivity contribution in [2.24, 2.45) is 0 Å². The molecule has 3 nitrogen and oxygen atoms in total. The molecule has 0 saturated carbocycles. The van der Waals surface area contributed by atoms with Crippen LogP contribution >= 0.6 is 11.3 Å². The third-order valence-electron chi connectivity index (χ3n) is 3.31. The minimum Gasteiger partial charge on any atom is -0.388 e. The van der Waals surface area contributed by atoms with Gasteiger partial charge in [0, 0.05) is 30.1 Å². The Balaban J connectivity index is 2.41. The van der Waals surface area contributed by atoms with Crippen molar-refractivity contribution in [2.45, 2.75) is 51.8 Å². The average molecular weight is 284 g/mol. The standard InChI is InChI=1S/C15H28N2OS/c1-12(2)16-10-15(4,18)11-17(5)13(3)9-14-7-6-8-19-14/h6-8,12-13,16,18H,9-11H2,1-5H3. The first-order valence-corrected chi connectivity index (χ1v) is 7.86. The van der Waals surface area contributed by atoms with E-state index in [9.17, 15) is 5.11 Å². The Hall–Kier alpha value is -0.420. The molecule has 0 aliphatic rings. The van der Waals surface area contributed by atoms with Crippen molar-refractivity contribution in [1.29, 1.82) is 0 Å². The summed E-state index contributed by atoms with van der Waals surface area (Å²) >= 11 is 1.80. The molecule has 19 heavy (non-hydrogen) atoms. The maximum atomic E-state index is 10.4. The molecular formula is C15H28N2OS. The van der Waals surface area contributed by atoms with Crippen molar-refractivity contribution in [3.8, 4) is 0 Å². The van der Waals surface area contributed by atoms with E-state index < -0.39 is 5.60 Å². The molecule has 0 spiro atoms. The van der Waals surface area contributed by atoms with Crippen LogP contribution in [0.1, 0.15) is 32.6 Å². The number of nitrogens with zero attached hydrogens (tertiary/aromatic N) is 1. The van der Waals surface area contributed by atoms with Gasteiger partial charge in [-0.2, -0.15) is 0 Å². The first kappa shape index (κ1) is 16.6. The molecule has 4 heteroatoms. The molecule has 0 saturated heterocycles. The van der Waals surface area contributed by atoms with Gasteiger partial charge in [0.15, 0.2) is 0 Å². The molecular weight excluding hydrogens is 256 g/mol. The minimum atomic E-state index is -0.692. The quantitative estimate of drug-likeness (QED) is 0.769. The Morgan fingerprint density at radius 3 is 2.63 bits per heavy atom. The molecule has 1 heterocycles. The summed E-state index contributed by atoms with van der Waals surface area (Å²) in [5.41, 5.74) is -0.692. The number of aliphatic hydroxyl groups is 1. The highest BCUT2D eigenvalue weighted by Crippen LogP contribution is 2.15. The highest BCUT2D eigenvalue weighted by atomic mass is 32.1. The van der Waals surface area contributed by atoms with Crippen molar-refractivity contribution in [2.75, 3.05) is 20.1 Å². The second kappa shape index (κ2) is 7.39. The minimum absolute atomic E-state index is 0.403. The number of rotatable bonds is 8. The molecule has 2 atom stereocenters. The van der Waals surface area contributed by atoms with Gasteiger partial charge < -0.3 is 15.3 Å². The molecule has 1 aromatic heterocycles. The van der Waals surface area contributed by atoms with Gasteiger partial charge in [-0.1, -0.05) is 19.9 Å². The first-order valence-electron chi connectivity index (χ1n) is 6.98. The van der Waals surface area contributed by atoms with Gasteiger partial charge in [-0.15, -0.1) is 11.3 Å². The highest BCUT2D eigenvalue weighted by Gasteiger charge is 2.24. The molecule has 0 radical (unpaired) electrons. The monoisotopic (exact) mass is 284 g/mol. The maximum Gasteiger partial charge on any atom is 0.0869 e. The summed E-state index contributed by atoms with van der Waals surface area (Å²) < 4.78 is 0. The lowest BCUT2D eigenvalue weighted by Crippen LogP contribution is -2.50. The van der Waals surface area contributed by atoms with Gasteiger partial charge in [0.25, 0.3) is 0 Å². The van der Waals surface area contributed by atoms with Crippen LogP contribution in [0.2, 0.25) is 0 Å². The molecule has 1 aromatic rings. The van der Waals surface area contributed by atoms with E-state index in [1.807, 2.05) is 6.92 Å². The first-order chi connectivity index (χ1) is 8.80. The number of nitrogens with one attached hydrogen (secondary N) is 1. The number of thiophene rings is 1. The fourth-order valence-electron chi connectivity index (χ4n) is 2.05. The third kappa shape index (κ3) is 6.52. The zero-order valence-corrected chi connectivity index (χ0v) is 13.6. The van der Waals surface area contributed by atoms with Crippen LogP contribution in [0.15, 0.2) is 17.5 Å². The maximum absolute atomic E-state index is 10.4. The lowest BCUT2D eigenvalue weighted by molar-refractivity contribution is 0.0164. The van der Waals surface area contributed by atoms with Crippen molar-refractivity contribution < 1.29 is 5.11 Å². The molecule has 0 aromatic carbocycles. The summed E-state index contributed by atoms with van der Waals surface area (Å²) in [5, 5.41) is 15.8. The third-order valence-corrected chi connectivity index (χ3v) is 4.21.